The molecule has 1 aromatic carbocycles. The third-order valence-electron chi connectivity index (χ3n) is 2.52. The second-order valence-corrected chi connectivity index (χ2v) is 5.03. The average Bonchev–Trinajstić information content (AvgIpc) is 2.70. The highest BCUT2D eigenvalue weighted by molar-refractivity contribution is 9.10. The highest BCUT2D eigenvalue weighted by Crippen LogP contribution is 2.22. The first-order chi connectivity index (χ1) is 7.66. The van der Waals surface area contributed by atoms with Crippen molar-refractivity contribution in [2.75, 3.05) is 0 Å². The minimum Gasteiger partial charge on any atom is -0.349 e. The highest BCUT2D eigenvalue weighted by atomic mass is 79.9. The van der Waals surface area contributed by atoms with E-state index < -0.39 is 0 Å². The standard InChI is InChI=1S/C12H11BrClNO/c13-11-7-8(14)5-6-10(11)12(16)15-9-3-1-2-4-9/h1-2,5-7,9H,3-4H2,(H,15,16). The lowest BCUT2D eigenvalue weighted by molar-refractivity contribution is 0.0938. The molecule has 0 unspecified atom stereocenters. The number of amides is 1. The van der Waals surface area contributed by atoms with Crippen LogP contribution in [-0.2, 0) is 0 Å². The van der Waals surface area contributed by atoms with Gasteiger partial charge in [0.05, 0.1) is 5.56 Å². The number of halogens is 2. The van der Waals surface area contributed by atoms with Crippen molar-refractivity contribution in [3.8, 4) is 0 Å². The Balaban J connectivity index is 2.08. The summed E-state index contributed by atoms with van der Waals surface area (Å²) in [6, 6.07) is 5.40. The molecule has 2 nitrogen and oxygen atoms in total. The minimum absolute atomic E-state index is 0.0581. The molecule has 4 heteroatoms. The van der Waals surface area contributed by atoms with E-state index in [9.17, 15) is 4.79 Å². The van der Waals surface area contributed by atoms with Gasteiger partial charge in [-0.25, -0.2) is 0 Å². The van der Waals surface area contributed by atoms with Gasteiger partial charge in [-0.3, -0.25) is 4.79 Å². The summed E-state index contributed by atoms with van der Waals surface area (Å²) in [7, 11) is 0. The summed E-state index contributed by atoms with van der Waals surface area (Å²) in [4.78, 5) is 11.9. The number of rotatable bonds is 2. The fourth-order valence-corrected chi connectivity index (χ4v) is 2.53. The molecular weight excluding hydrogens is 289 g/mol. The van der Waals surface area contributed by atoms with Gasteiger partial charge >= 0.3 is 0 Å². The van der Waals surface area contributed by atoms with Gasteiger partial charge in [-0.2, -0.15) is 0 Å². The number of hydrogen-bond acceptors (Lipinski definition) is 1. The molecule has 0 spiro atoms. The fraction of sp³-hybridized carbons (Fsp3) is 0.250. The third-order valence-corrected chi connectivity index (χ3v) is 3.41. The number of benzene rings is 1. The van der Waals surface area contributed by atoms with Crippen LogP contribution in [0, 0.1) is 0 Å². The number of carbonyl (C=O) groups excluding carboxylic acids is 1. The lowest BCUT2D eigenvalue weighted by Crippen LogP contribution is -2.32. The summed E-state index contributed by atoms with van der Waals surface area (Å²) in [6.07, 6.45) is 6.00. The zero-order valence-electron chi connectivity index (χ0n) is 8.54. The van der Waals surface area contributed by atoms with Crippen LogP contribution in [0.1, 0.15) is 23.2 Å². The molecule has 0 radical (unpaired) electrons. The van der Waals surface area contributed by atoms with E-state index in [1.807, 2.05) is 0 Å². The minimum atomic E-state index is -0.0581. The van der Waals surface area contributed by atoms with Gasteiger partial charge in [0, 0.05) is 15.5 Å². The first-order valence-electron chi connectivity index (χ1n) is 5.08. The van der Waals surface area contributed by atoms with Crippen LogP contribution >= 0.6 is 27.5 Å². The highest BCUT2D eigenvalue weighted by Gasteiger charge is 2.16. The van der Waals surface area contributed by atoms with Crippen LogP contribution in [0.2, 0.25) is 5.02 Å². The van der Waals surface area contributed by atoms with E-state index in [1.54, 1.807) is 18.2 Å². The second-order valence-electron chi connectivity index (χ2n) is 3.74. The van der Waals surface area contributed by atoms with E-state index in [4.69, 9.17) is 11.6 Å². The Kier molecular flexibility index (Phi) is 3.66. The van der Waals surface area contributed by atoms with Gasteiger partial charge in [-0.05, 0) is 47.0 Å². The molecule has 1 N–H and O–H groups in total. The fourth-order valence-electron chi connectivity index (χ4n) is 1.67. The maximum Gasteiger partial charge on any atom is 0.252 e. The lowest BCUT2D eigenvalue weighted by atomic mass is 10.2. The van der Waals surface area contributed by atoms with Gasteiger partial charge in [0.1, 0.15) is 0 Å². The topological polar surface area (TPSA) is 29.1 Å². The van der Waals surface area contributed by atoms with Crippen LogP contribution in [0.3, 0.4) is 0 Å². The second kappa shape index (κ2) is 5.02. The molecule has 0 aromatic heterocycles. The normalized spacial score (nSPS) is 15.4. The molecule has 1 aliphatic rings. The summed E-state index contributed by atoms with van der Waals surface area (Å²) >= 11 is 9.16. The van der Waals surface area contributed by atoms with E-state index in [-0.39, 0.29) is 11.9 Å². The Labute approximate surface area is 108 Å². The van der Waals surface area contributed by atoms with Crippen molar-refractivity contribution < 1.29 is 4.79 Å². The van der Waals surface area contributed by atoms with E-state index in [0.29, 0.717) is 10.6 Å². The number of hydrogen-bond donors (Lipinski definition) is 1. The molecule has 84 valence electrons. The van der Waals surface area contributed by atoms with Crippen molar-refractivity contribution in [2.24, 2.45) is 0 Å². The zero-order valence-corrected chi connectivity index (χ0v) is 10.9. The van der Waals surface area contributed by atoms with Crippen molar-refractivity contribution in [2.45, 2.75) is 18.9 Å². The van der Waals surface area contributed by atoms with Crippen LogP contribution in [0.25, 0.3) is 0 Å². The van der Waals surface area contributed by atoms with Gasteiger partial charge in [0.25, 0.3) is 5.91 Å². The predicted octanol–water partition coefficient (Wildman–Crippen LogP) is 3.55. The molecule has 0 saturated heterocycles. The molecule has 0 saturated carbocycles. The molecule has 0 aliphatic heterocycles. The lowest BCUT2D eigenvalue weighted by Gasteiger charge is -2.12. The molecular formula is C12H11BrClNO. The van der Waals surface area contributed by atoms with Gasteiger partial charge in [0.15, 0.2) is 0 Å². The largest absolute Gasteiger partial charge is 0.349 e. The summed E-state index contributed by atoms with van der Waals surface area (Å²) in [5.74, 6) is -0.0581. The molecule has 1 aromatic rings. The Morgan fingerprint density at radius 3 is 2.69 bits per heavy atom. The molecule has 0 fully saturated rings. The smallest absolute Gasteiger partial charge is 0.252 e. The van der Waals surface area contributed by atoms with Gasteiger partial charge < -0.3 is 5.32 Å². The Hall–Kier alpha value is -0.800. The molecule has 2 rings (SSSR count). The Morgan fingerprint density at radius 2 is 2.06 bits per heavy atom. The zero-order chi connectivity index (χ0) is 11.5. The van der Waals surface area contributed by atoms with Gasteiger partial charge in [-0.15, -0.1) is 0 Å². The Bertz CT molecular complexity index is 437. The van der Waals surface area contributed by atoms with Crippen molar-refractivity contribution in [3.05, 3.63) is 45.4 Å². The van der Waals surface area contributed by atoms with Crippen LogP contribution in [-0.4, -0.2) is 11.9 Å². The summed E-state index contributed by atoms with van der Waals surface area (Å²) in [6.45, 7) is 0. The molecule has 1 aliphatic carbocycles. The van der Waals surface area contributed by atoms with Crippen molar-refractivity contribution in [1.82, 2.24) is 5.32 Å². The third kappa shape index (κ3) is 2.66. The molecule has 0 bridgehead atoms. The summed E-state index contributed by atoms with van der Waals surface area (Å²) in [5, 5.41) is 3.60. The van der Waals surface area contributed by atoms with Crippen LogP contribution in [0.4, 0.5) is 0 Å². The molecule has 1 amide bonds. The van der Waals surface area contributed by atoms with Gasteiger partial charge in [-0.1, -0.05) is 23.8 Å². The molecule has 0 atom stereocenters. The van der Waals surface area contributed by atoms with Crippen LogP contribution in [0.5, 0.6) is 0 Å². The van der Waals surface area contributed by atoms with Crippen LogP contribution in [0.15, 0.2) is 34.8 Å². The van der Waals surface area contributed by atoms with Gasteiger partial charge in [0.2, 0.25) is 0 Å². The molecule has 16 heavy (non-hydrogen) atoms. The predicted molar refractivity (Wildman–Crippen MR) is 68.8 cm³/mol. The summed E-state index contributed by atoms with van der Waals surface area (Å²) < 4.78 is 0.725. The number of carbonyl (C=O) groups is 1. The summed E-state index contributed by atoms with van der Waals surface area (Å²) in [5.41, 5.74) is 0.622. The Morgan fingerprint density at radius 1 is 1.38 bits per heavy atom. The van der Waals surface area contributed by atoms with E-state index in [2.05, 4.69) is 33.4 Å². The first-order valence-corrected chi connectivity index (χ1v) is 6.25. The average molecular weight is 301 g/mol. The maximum absolute atomic E-state index is 11.9. The van der Waals surface area contributed by atoms with Crippen LogP contribution < -0.4 is 5.32 Å². The van der Waals surface area contributed by atoms with E-state index in [1.165, 1.54) is 0 Å². The number of nitrogens with one attached hydrogen (secondary N) is 1. The first kappa shape index (κ1) is 11.7. The monoisotopic (exact) mass is 299 g/mol. The van der Waals surface area contributed by atoms with Crippen molar-refractivity contribution in [3.63, 3.8) is 0 Å². The SMILES string of the molecule is O=C(NC1CC=CC1)c1ccc(Cl)cc1Br. The van der Waals surface area contributed by atoms with Crippen molar-refractivity contribution >= 4 is 33.4 Å². The van der Waals surface area contributed by atoms with Crippen molar-refractivity contribution in [1.29, 1.82) is 0 Å². The maximum atomic E-state index is 11.9. The quantitative estimate of drug-likeness (QED) is 0.832. The molecule has 0 heterocycles. The van der Waals surface area contributed by atoms with E-state index in [0.717, 1.165) is 17.3 Å². The van der Waals surface area contributed by atoms with E-state index >= 15 is 0 Å².